The molecule has 0 aliphatic rings. The molecule has 3 heteroatoms. The predicted octanol–water partition coefficient (Wildman–Crippen LogP) is 5.68. The van der Waals surface area contributed by atoms with Gasteiger partial charge in [0.15, 0.2) is 0 Å². The van der Waals surface area contributed by atoms with E-state index in [4.69, 9.17) is 5.11 Å². The standard InChI is InChI=1S/C19H34O3/c1-2-3-4-5-6-7-8-9-10-11-12-13-14-15-16-17-18(20)19(21)22/h9-10H,2-8,11-17H2,1H3,(H,21,22). The lowest BCUT2D eigenvalue weighted by molar-refractivity contribution is -0.149. The van der Waals surface area contributed by atoms with Crippen LogP contribution in [0, 0.1) is 0 Å². The third kappa shape index (κ3) is 15.3. The molecule has 1 N–H and O–H groups in total. The van der Waals surface area contributed by atoms with Crippen molar-refractivity contribution in [1.82, 2.24) is 0 Å². The third-order valence-electron chi connectivity index (χ3n) is 3.90. The van der Waals surface area contributed by atoms with Crippen molar-refractivity contribution in [2.75, 3.05) is 0 Å². The van der Waals surface area contributed by atoms with Gasteiger partial charge < -0.3 is 5.11 Å². The molecule has 0 aliphatic heterocycles. The van der Waals surface area contributed by atoms with Gasteiger partial charge in [0.2, 0.25) is 5.78 Å². The number of rotatable bonds is 16. The van der Waals surface area contributed by atoms with Gasteiger partial charge in [-0.2, -0.15) is 0 Å². The lowest BCUT2D eigenvalue weighted by Crippen LogP contribution is -2.11. The fourth-order valence-corrected chi connectivity index (χ4v) is 2.46. The van der Waals surface area contributed by atoms with Crippen molar-refractivity contribution in [1.29, 1.82) is 0 Å². The maximum atomic E-state index is 10.9. The second-order valence-electron chi connectivity index (χ2n) is 6.06. The molecule has 0 saturated heterocycles. The lowest BCUT2D eigenvalue weighted by atomic mass is 10.1. The maximum absolute atomic E-state index is 10.9. The van der Waals surface area contributed by atoms with Gasteiger partial charge in [-0.05, 0) is 32.1 Å². The van der Waals surface area contributed by atoms with Crippen molar-refractivity contribution >= 4 is 11.8 Å². The monoisotopic (exact) mass is 310 g/mol. The van der Waals surface area contributed by atoms with E-state index in [9.17, 15) is 9.59 Å². The molecule has 0 amide bonds. The number of Topliss-reactive ketones (excluding diaryl/α,β-unsaturated/α-hetero) is 1. The number of carbonyl (C=O) groups is 2. The predicted molar refractivity (Wildman–Crippen MR) is 92.1 cm³/mol. The number of hydrogen-bond donors (Lipinski definition) is 1. The Balaban J connectivity index is 3.17. The number of ketones is 1. The molecule has 0 fully saturated rings. The normalized spacial score (nSPS) is 11.1. The molecule has 0 rings (SSSR count). The van der Waals surface area contributed by atoms with Crippen LogP contribution in [0.15, 0.2) is 12.2 Å². The summed E-state index contributed by atoms with van der Waals surface area (Å²) >= 11 is 0. The Morgan fingerprint density at radius 1 is 0.727 bits per heavy atom. The number of unbranched alkanes of at least 4 members (excludes halogenated alkanes) is 11. The van der Waals surface area contributed by atoms with E-state index < -0.39 is 11.8 Å². The van der Waals surface area contributed by atoms with Crippen molar-refractivity contribution in [3.05, 3.63) is 12.2 Å². The summed E-state index contributed by atoms with van der Waals surface area (Å²) in [5.74, 6) is -1.95. The Labute approximate surface area is 136 Å². The van der Waals surface area contributed by atoms with E-state index in [2.05, 4.69) is 19.1 Å². The van der Waals surface area contributed by atoms with Gasteiger partial charge in [0.25, 0.3) is 0 Å². The first kappa shape index (κ1) is 20.9. The minimum Gasteiger partial charge on any atom is -0.476 e. The van der Waals surface area contributed by atoms with Crippen LogP contribution in [0.4, 0.5) is 0 Å². The Morgan fingerprint density at radius 2 is 1.18 bits per heavy atom. The van der Waals surface area contributed by atoms with E-state index in [0.717, 1.165) is 19.3 Å². The zero-order chi connectivity index (χ0) is 16.5. The molecular formula is C19H34O3. The number of carbonyl (C=O) groups excluding carboxylic acids is 1. The van der Waals surface area contributed by atoms with Gasteiger partial charge in [0.05, 0.1) is 0 Å². The van der Waals surface area contributed by atoms with Crippen molar-refractivity contribution in [2.45, 2.75) is 96.8 Å². The van der Waals surface area contributed by atoms with Crippen molar-refractivity contribution in [3.8, 4) is 0 Å². The van der Waals surface area contributed by atoms with Crippen LogP contribution in [0.25, 0.3) is 0 Å². The first-order chi connectivity index (χ1) is 10.7. The van der Waals surface area contributed by atoms with Crippen molar-refractivity contribution < 1.29 is 14.7 Å². The van der Waals surface area contributed by atoms with E-state index in [0.29, 0.717) is 6.42 Å². The molecule has 0 aliphatic carbocycles. The van der Waals surface area contributed by atoms with Crippen LogP contribution in [0.3, 0.4) is 0 Å². The molecule has 0 radical (unpaired) electrons. The zero-order valence-corrected chi connectivity index (χ0v) is 14.3. The smallest absolute Gasteiger partial charge is 0.372 e. The van der Waals surface area contributed by atoms with E-state index in [1.54, 1.807) is 0 Å². The molecule has 0 atom stereocenters. The molecule has 0 heterocycles. The Morgan fingerprint density at radius 3 is 1.68 bits per heavy atom. The highest BCUT2D eigenvalue weighted by Crippen LogP contribution is 2.10. The van der Waals surface area contributed by atoms with Gasteiger partial charge >= 0.3 is 5.97 Å². The summed E-state index contributed by atoms with van der Waals surface area (Å²) in [6.45, 7) is 2.25. The fourth-order valence-electron chi connectivity index (χ4n) is 2.46. The average Bonchev–Trinajstić information content (AvgIpc) is 2.50. The number of aliphatic carboxylic acids is 1. The number of hydrogen-bond acceptors (Lipinski definition) is 2. The Bertz CT molecular complexity index is 308. The molecule has 0 aromatic rings. The fraction of sp³-hybridized carbons (Fsp3) is 0.789. The number of carboxylic acid groups (broad SMARTS) is 1. The summed E-state index contributed by atoms with van der Waals surface area (Å²) in [4.78, 5) is 21.2. The molecule has 0 aromatic carbocycles. The van der Waals surface area contributed by atoms with Gasteiger partial charge in [-0.25, -0.2) is 4.79 Å². The summed E-state index contributed by atoms with van der Waals surface area (Å²) in [6, 6.07) is 0. The van der Waals surface area contributed by atoms with Gasteiger partial charge in [-0.1, -0.05) is 70.4 Å². The van der Waals surface area contributed by atoms with Crippen LogP contribution in [-0.4, -0.2) is 16.9 Å². The third-order valence-corrected chi connectivity index (χ3v) is 3.90. The van der Waals surface area contributed by atoms with Gasteiger partial charge in [-0.15, -0.1) is 0 Å². The molecule has 3 nitrogen and oxygen atoms in total. The second-order valence-corrected chi connectivity index (χ2v) is 6.06. The van der Waals surface area contributed by atoms with Crippen LogP contribution in [-0.2, 0) is 9.59 Å². The van der Waals surface area contributed by atoms with Crippen LogP contribution in [0.5, 0.6) is 0 Å². The van der Waals surface area contributed by atoms with E-state index in [1.807, 2.05) is 0 Å². The number of carboxylic acids is 1. The molecule has 0 bridgehead atoms. The topological polar surface area (TPSA) is 54.4 Å². The molecule has 0 saturated carbocycles. The summed E-state index contributed by atoms with van der Waals surface area (Å²) in [5.41, 5.74) is 0. The quantitative estimate of drug-likeness (QED) is 0.227. The van der Waals surface area contributed by atoms with E-state index in [1.165, 1.54) is 57.8 Å². The first-order valence-corrected chi connectivity index (χ1v) is 9.09. The van der Waals surface area contributed by atoms with Crippen LogP contribution in [0.2, 0.25) is 0 Å². The van der Waals surface area contributed by atoms with Crippen molar-refractivity contribution in [3.63, 3.8) is 0 Å². The minimum atomic E-state index is -1.30. The van der Waals surface area contributed by atoms with E-state index in [-0.39, 0.29) is 6.42 Å². The van der Waals surface area contributed by atoms with Gasteiger partial charge in [0, 0.05) is 6.42 Å². The first-order valence-electron chi connectivity index (χ1n) is 9.09. The highest BCUT2D eigenvalue weighted by Gasteiger charge is 2.09. The summed E-state index contributed by atoms with van der Waals surface area (Å²) in [6.07, 6.45) is 20.4. The largest absolute Gasteiger partial charge is 0.476 e. The lowest BCUT2D eigenvalue weighted by Gasteiger charge is -1.99. The molecule has 0 unspecified atom stereocenters. The van der Waals surface area contributed by atoms with Gasteiger partial charge in [0.1, 0.15) is 0 Å². The Hall–Kier alpha value is -1.12. The van der Waals surface area contributed by atoms with Crippen molar-refractivity contribution in [2.24, 2.45) is 0 Å². The molecule has 0 aromatic heterocycles. The number of allylic oxidation sites excluding steroid dienone is 2. The SMILES string of the molecule is CCCCCCCCC=CCCCCCCCC(=O)C(=O)O. The second kappa shape index (κ2) is 16.3. The summed E-state index contributed by atoms with van der Waals surface area (Å²) in [5, 5.41) is 8.44. The van der Waals surface area contributed by atoms with Gasteiger partial charge in [-0.3, -0.25) is 4.79 Å². The zero-order valence-electron chi connectivity index (χ0n) is 14.3. The van der Waals surface area contributed by atoms with E-state index >= 15 is 0 Å². The molecule has 0 spiro atoms. The summed E-state index contributed by atoms with van der Waals surface area (Å²) < 4.78 is 0. The highest BCUT2D eigenvalue weighted by atomic mass is 16.4. The molecular weight excluding hydrogens is 276 g/mol. The molecule has 22 heavy (non-hydrogen) atoms. The maximum Gasteiger partial charge on any atom is 0.372 e. The Kier molecular flexibility index (Phi) is 15.4. The van der Waals surface area contributed by atoms with Crippen LogP contribution >= 0.6 is 0 Å². The highest BCUT2D eigenvalue weighted by molar-refractivity contribution is 6.32. The molecule has 128 valence electrons. The average molecular weight is 310 g/mol. The van der Waals surface area contributed by atoms with Crippen LogP contribution < -0.4 is 0 Å². The summed E-state index contributed by atoms with van der Waals surface area (Å²) in [7, 11) is 0. The van der Waals surface area contributed by atoms with Crippen LogP contribution in [0.1, 0.15) is 96.8 Å². The minimum absolute atomic E-state index is 0.188.